The number of carbonyl (C=O) groups excluding carboxylic acids is 2. The summed E-state index contributed by atoms with van der Waals surface area (Å²) in [5, 5.41) is 14.7. The van der Waals surface area contributed by atoms with Crippen LogP contribution >= 0.6 is 0 Å². The van der Waals surface area contributed by atoms with Gasteiger partial charge in [0.05, 0.1) is 63.0 Å². The predicted octanol–water partition coefficient (Wildman–Crippen LogP) is 8.43. The Morgan fingerprint density at radius 1 is 0.597 bits per heavy atom. The normalized spacial score (nSPS) is 20.1. The lowest BCUT2D eigenvalue weighted by atomic mass is 9.93. The van der Waals surface area contributed by atoms with Gasteiger partial charge in [0.15, 0.2) is 43.8 Å². The lowest BCUT2D eigenvalue weighted by Gasteiger charge is -2.47. The molecule has 1 N–H and O–H groups in total. The highest BCUT2D eigenvalue weighted by molar-refractivity contribution is 6.74. The maximum atomic E-state index is 14.7. The van der Waals surface area contributed by atoms with Crippen LogP contribution in [0.4, 0.5) is 11.4 Å². The second kappa shape index (κ2) is 18.2. The van der Waals surface area contributed by atoms with Gasteiger partial charge in [0.1, 0.15) is 13.2 Å². The molecule has 9 rings (SSSR count). The van der Waals surface area contributed by atoms with E-state index in [1.54, 1.807) is 42.4 Å². The Balaban J connectivity index is 0.967. The van der Waals surface area contributed by atoms with Gasteiger partial charge in [-0.1, -0.05) is 87.5 Å². The lowest BCUT2D eigenvalue weighted by Crippen LogP contribution is -2.59. The summed E-state index contributed by atoms with van der Waals surface area (Å²) in [6, 6.07) is 30.1. The first-order valence-electron chi connectivity index (χ1n) is 22.7. The van der Waals surface area contributed by atoms with Crippen LogP contribution in [0.5, 0.6) is 23.0 Å². The van der Waals surface area contributed by atoms with Crippen molar-refractivity contribution in [2.24, 2.45) is 0 Å². The van der Waals surface area contributed by atoms with E-state index in [9.17, 15) is 14.7 Å². The number of hydroxylamine groups is 2. The third kappa shape index (κ3) is 8.48. The number of aliphatic hydroxyl groups is 1. The van der Waals surface area contributed by atoms with Gasteiger partial charge in [0.25, 0.3) is 11.8 Å². The molecule has 67 heavy (non-hydrogen) atoms. The van der Waals surface area contributed by atoms with E-state index in [2.05, 4.69) is 46.0 Å². The van der Waals surface area contributed by atoms with Crippen LogP contribution in [0.3, 0.4) is 0 Å². The second-order valence-electron chi connectivity index (χ2n) is 19.1. The number of nitrogens with zero attached hydrogens (tertiary/aromatic N) is 4. The fourth-order valence-corrected chi connectivity index (χ4v) is 10.7. The Bertz CT molecular complexity index is 2690. The zero-order chi connectivity index (χ0) is 47.4. The molecule has 0 aromatic heterocycles. The van der Waals surface area contributed by atoms with Gasteiger partial charge in [0, 0.05) is 25.2 Å². The molecule has 4 heterocycles. The quantitative estimate of drug-likeness (QED) is 0.121. The number of amides is 2. The van der Waals surface area contributed by atoms with Gasteiger partial charge in [-0.3, -0.25) is 19.3 Å². The van der Waals surface area contributed by atoms with Crippen LogP contribution in [0, 0.1) is 0 Å². The minimum atomic E-state index is -2.42. The van der Waals surface area contributed by atoms with Crippen LogP contribution < -0.4 is 29.1 Å². The molecule has 5 aromatic rings. The van der Waals surface area contributed by atoms with Crippen molar-refractivity contribution in [3.8, 4) is 23.0 Å². The highest BCUT2D eigenvalue weighted by Crippen LogP contribution is 2.46. The summed E-state index contributed by atoms with van der Waals surface area (Å²) in [7, 11) is 3.76. The molecule has 4 aliphatic rings. The Labute approximate surface area is 393 Å². The maximum absolute atomic E-state index is 14.7. The molecule has 0 fully saturated rings. The lowest BCUT2D eigenvalue weighted by molar-refractivity contribution is -0.0194. The van der Waals surface area contributed by atoms with Crippen molar-refractivity contribution in [3.05, 3.63) is 142 Å². The first kappa shape index (κ1) is 46.0. The van der Waals surface area contributed by atoms with Gasteiger partial charge in [-0.2, -0.15) is 0 Å². The van der Waals surface area contributed by atoms with E-state index in [0.29, 0.717) is 71.4 Å². The molecule has 0 spiro atoms. The van der Waals surface area contributed by atoms with Gasteiger partial charge >= 0.3 is 0 Å². The molecule has 2 unspecified atom stereocenters. The van der Waals surface area contributed by atoms with Crippen LogP contribution in [-0.4, -0.2) is 88.0 Å². The van der Waals surface area contributed by atoms with Gasteiger partial charge in [-0.05, 0) is 82.6 Å². The van der Waals surface area contributed by atoms with Crippen molar-refractivity contribution in [2.45, 2.75) is 103 Å². The highest BCUT2D eigenvalue weighted by atomic mass is 28.4. The van der Waals surface area contributed by atoms with Crippen LogP contribution in [0.15, 0.2) is 97.1 Å². The molecule has 0 radical (unpaired) electrons. The summed E-state index contributed by atoms with van der Waals surface area (Å²) in [6.07, 6.45) is -0.667. The first-order chi connectivity index (χ1) is 32.1. The number of ether oxygens (including phenoxy) is 4. The molecule has 0 bridgehead atoms. The van der Waals surface area contributed by atoms with E-state index in [0.717, 1.165) is 27.8 Å². The maximum Gasteiger partial charge on any atom is 0.256 e. The van der Waals surface area contributed by atoms with Crippen molar-refractivity contribution >= 4 is 31.5 Å². The SMILES string of the molecule is COc1cc2c(cc1OCc1cccc(COc3cc4c(cc3OC)C(=O)N3Cc5ccccc5C[C@H]3C(O[Si](C)(C)C(C)(C)C)N4OC)c1)N(OC)C(O)[C@@H]1Cc3ccccc3CN1C2=O. The fourth-order valence-electron chi connectivity index (χ4n) is 9.46. The average Bonchev–Trinajstić information content (AvgIpc) is 3.46. The smallest absolute Gasteiger partial charge is 0.256 e. The van der Waals surface area contributed by atoms with E-state index in [4.69, 9.17) is 33.0 Å². The Morgan fingerprint density at radius 3 is 1.54 bits per heavy atom. The standard InChI is InChI=1S/C52H60N4O10Si/c1-52(2,3)67(8,9)66-51-43-23-35-18-11-13-20-37(35)29-54(43)49(58)39-25-45(61-5)47(27-41(39)56(51)63-7)65-31-33-16-14-15-32(21-33)30-64-46-26-40-38(24-44(46)60-4)48(57)53-28-36-19-12-10-17-34(36)22-42(53)50(59)55(40)62-6/h10-21,24-27,42-43,50-51,59H,22-23,28-31H2,1-9H3/t42-,43-,50?,51?/m0/s1. The number of hydrogen-bond acceptors (Lipinski definition) is 12. The zero-order valence-electron chi connectivity index (χ0n) is 39.7. The van der Waals surface area contributed by atoms with E-state index in [1.165, 1.54) is 24.8 Å². The van der Waals surface area contributed by atoms with E-state index in [1.807, 2.05) is 71.6 Å². The molecule has 0 aliphatic carbocycles. The topological polar surface area (TPSA) is 132 Å². The van der Waals surface area contributed by atoms with Crippen LogP contribution in [0.1, 0.15) is 74.9 Å². The Morgan fingerprint density at radius 2 is 1.06 bits per heavy atom. The first-order valence-corrected chi connectivity index (χ1v) is 25.6. The molecule has 352 valence electrons. The van der Waals surface area contributed by atoms with E-state index in [-0.39, 0.29) is 36.1 Å². The molecule has 0 saturated carbocycles. The third-order valence-corrected chi connectivity index (χ3v) is 18.6. The van der Waals surface area contributed by atoms with Crippen LogP contribution in [0.25, 0.3) is 0 Å². The van der Waals surface area contributed by atoms with Crippen molar-refractivity contribution in [1.82, 2.24) is 9.80 Å². The molecule has 14 nitrogen and oxygen atoms in total. The molecule has 5 aromatic carbocycles. The van der Waals surface area contributed by atoms with Gasteiger partial charge < -0.3 is 38.3 Å². The average molecular weight is 929 g/mol. The van der Waals surface area contributed by atoms with Crippen molar-refractivity contribution in [1.29, 1.82) is 0 Å². The van der Waals surface area contributed by atoms with E-state index < -0.39 is 26.8 Å². The molecular weight excluding hydrogens is 869 g/mol. The third-order valence-electron chi connectivity index (χ3n) is 14.1. The van der Waals surface area contributed by atoms with Crippen molar-refractivity contribution < 1.29 is 47.7 Å². The number of fused-ring (bicyclic) bond motifs is 6. The summed E-state index contributed by atoms with van der Waals surface area (Å²) >= 11 is 0. The molecular formula is C52H60N4O10Si. The Kier molecular flexibility index (Phi) is 12.5. The molecule has 4 atom stereocenters. The number of aliphatic hydroxyl groups excluding tert-OH is 1. The van der Waals surface area contributed by atoms with Crippen LogP contribution in [-0.2, 0) is 53.2 Å². The number of rotatable bonds is 12. The summed E-state index contributed by atoms with van der Waals surface area (Å²) in [6.45, 7) is 12.2. The molecule has 15 heteroatoms. The molecule has 4 aliphatic heterocycles. The van der Waals surface area contributed by atoms with Gasteiger partial charge in [-0.25, -0.2) is 10.1 Å². The van der Waals surface area contributed by atoms with Crippen molar-refractivity contribution in [2.75, 3.05) is 38.6 Å². The number of anilines is 2. The highest BCUT2D eigenvalue weighted by Gasteiger charge is 2.49. The minimum absolute atomic E-state index is 0.108. The van der Waals surface area contributed by atoms with Crippen molar-refractivity contribution in [3.63, 3.8) is 0 Å². The zero-order valence-corrected chi connectivity index (χ0v) is 40.7. The fraction of sp³-hybridized carbons (Fsp3) is 0.385. The minimum Gasteiger partial charge on any atom is -0.493 e. The summed E-state index contributed by atoms with van der Waals surface area (Å²) in [4.78, 5) is 44.5. The van der Waals surface area contributed by atoms with Crippen LogP contribution in [0.2, 0.25) is 18.1 Å². The molecule has 0 saturated heterocycles. The van der Waals surface area contributed by atoms with E-state index >= 15 is 0 Å². The predicted molar refractivity (Wildman–Crippen MR) is 256 cm³/mol. The number of benzene rings is 5. The molecule has 2 amide bonds. The monoisotopic (exact) mass is 928 g/mol. The largest absolute Gasteiger partial charge is 0.493 e. The summed E-state index contributed by atoms with van der Waals surface area (Å²) in [5.74, 6) is 1.20. The summed E-state index contributed by atoms with van der Waals surface area (Å²) in [5.41, 5.74) is 7.80. The summed E-state index contributed by atoms with van der Waals surface area (Å²) < 4.78 is 31.8. The second-order valence-corrected chi connectivity index (χ2v) is 23.8. The number of methoxy groups -OCH3 is 2. The number of carbonyl (C=O) groups is 2. The van der Waals surface area contributed by atoms with Gasteiger partial charge in [-0.15, -0.1) is 0 Å². The van der Waals surface area contributed by atoms with Gasteiger partial charge in [0.2, 0.25) is 0 Å². The number of hydrogen-bond donors (Lipinski definition) is 1. The Hall–Kier alpha value is -6.10.